The Labute approximate surface area is 200 Å². The number of pyridine rings is 1. The van der Waals surface area contributed by atoms with Crippen LogP contribution in [0.15, 0.2) is 47.5 Å². The van der Waals surface area contributed by atoms with Gasteiger partial charge in [-0.15, -0.1) is 0 Å². The number of carbonyl (C=O) groups is 1. The summed E-state index contributed by atoms with van der Waals surface area (Å²) in [6, 6.07) is 8.48. The second kappa shape index (κ2) is 10.7. The number of sulfonamides is 1. The minimum Gasteiger partial charge on any atom is -0.354 e. The van der Waals surface area contributed by atoms with Crippen molar-refractivity contribution in [2.45, 2.75) is 17.9 Å². The first-order chi connectivity index (χ1) is 16.3. The van der Waals surface area contributed by atoms with Crippen LogP contribution < -0.4 is 10.2 Å². The first-order valence-corrected chi connectivity index (χ1v) is 12.9. The molecule has 9 nitrogen and oxygen atoms in total. The first kappa shape index (κ1) is 24.4. The van der Waals surface area contributed by atoms with Gasteiger partial charge in [0, 0.05) is 65.1 Å². The molecule has 0 bridgehead atoms. The molecule has 34 heavy (non-hydrogen) atoms. The minimum atomic E-state index is -3.73. The summed E-state index contributed by atoms with van der Waals surface area (Å²) >= 11 is 0. The summed E-state index contributed by atoms with van der Waals surface area (Å²) in [6.07, 6.45) is 2.29. The molecular weight excluding hydrogens is 459 g/mol. The molecule has 11 heteroatoms. The normalized spacial score (nSPS) is 18.5. The fourth-order valence-electron chi connectivity index (χ4n) is 4.16. The van der Waals surface area contributed by atoms with Gasteiger partial charge in [-0.05, 0) is 55.4 Å². The number of benzene rings is 1. The Bertz CT molecular complexity index is 1090. The fourth-order valence-corrected chi connectivity index (χ4v) is 5.63. The highest BCUT2D eigenvalue weighted by Crippen LogP contribution is 2.19. The summed E-state index contributed by atoms with van der Waals surface area (Å²) in [4.78, 5) is 23.5. The lowest BCUT2D eigenvalue weighted by molar-refractivity contribution is 0.200. The number of hydrogen-bond donors (Lipinski definition) is 1. The maximum absolute atomic E-state index is 13.2. The molecule has 2 amide bonds. The molecule has 0 radical (unpaired) electrons. The quantitative estimate of drug-likeness (QED) is 0.685. The van der Waals surface area contributed by atoms with Crippen LogP contribution in [0, 0.1) is 5.82 Å². The second-order valence-corrected chi connectivity index (χ2v) is 10.6. The number of hydrogen-bond acceptors (Lipinski definition) is 6. The zero-order chi connectivity index (χ0) is 24.1. The van der Waals surface area contributed by atoms with Crippen LogP contribution in [-0.2, 0) is 16.6 Å². The van der Waals surface area contributed by atoms with Crippen LogP contribution in [0.4, 0.5) is 15.0 Å². The van der Waals surface area contributed by atoms with Crippen LogP contribution in [0.1, 0.15) is 12.0 Å². The number of rotatable bonds is 5. The second-order valence-electron chi connectivity index (χ2n) is 8.67. The SMILES string of the molecule is CN1CCN(c2cc(CNC(=O)N3CCCN(S(=O)(=O)c4ccc(F)cc4)CC3)ccn2)CC1. The Morgan fingerprint density at radius 3 is 2.47 bits per heavy atom. The van der Waals surface area contributed by atoms with Crippen LogP contribution in [0.25, 0.3) is 0 Å². The molecule has 0 saturated carbocycles. The van der Waals surface area contributed by atoms with Crippen molar-refractivity contribution in [3.05, 3.63) is 54.0 Å². The van der Waals surface area contributed by atoms with Crippen LogP contribution in [0.3, 0.4) is 0 Å². The molecule has 1 aromatic carbocycles. The number of nitrogens with one attached hydrogen (secondary N) is 1. The van der Waals surface area contributed by atoms with Crippen molar-refractivity contribution < 1.29 is 17.6 Å². The van der Waals surface area contributed by atoms with Crippen LogP contribution in [0.5, 0.6) is 0 Å². The number of likely N-dealkylation sites (N-methyl/N-ethyl adjacent to an activating group) is 1. The van der Waals surface area contributed by atoms with E-state index in [4.69, 9.17) is 0 Å². The van der Waals surface area contributed by atoms with E-state index in [2.05, 4.69) is 27.1 Å². The molecule has 1 aromatic heterocycles. The topological polar surface area (TPSA) is 89.1 Å². The molecule has 0 unspecified atom stereocenters. The predicted octanol–water partition coefficient (Wildman–Crippen LogP) is 1.58. The first-order valence-electron chi connectivity index (χ1n) is 11.5. The summed E-state index contributed by atoms with van der Waals surface area (Å²) in [7, 11) is -1.62. The van der Waals surface area contributed by atoms with Gasteiger partial charge in [-0.3, -0.25) is 0 Å². The van der Waals surface area contributed by atoms with Gasteiger partial charge in [0.1, 0.15) is 11.6 Å². The molecule has 2 saturated heterocycles. The van der Waals surface area contributed by atoms with E-state index < -0.39 is 15.8 Å². The third-order valence-corrected chi connectivity index (χ3v) is 8.19. The zero-order valence-corrected chi connectivity index (χ0v) is 20.2. The van der Waals surface area contributed by atoms with E-state index in [1.165, 1.54) is 16.4 Å². The molecule has 2 fully saturated rings. The van der Waals surface area contributed by atoms with E-state index in [1.807, 2.05) is 12.1 Å². The molecule has 0 aliphatic carbocycles. The molecule has 4 rings (SSSR count). The van der Waals surface area contributed by atoms with Gasteiger partial charge in [0.15, 0.2) is 0 Å². The van der Waals surface area contributed by atoms with Crippen LogP contribution in [-0.4, -0.2) is 92.9 Å². The van der Waals surface area contributed by atoms with Crippen molar-refractivity contribution in [3.63, 3.8) is 0 Å². The maximum Gasteiger partial charge on any atom is 0.317 e. The van der Waals surface area contributed by atoms with Crippen molar-refractivity contribution in [2.75, 3.05) is 64.3 Å². The summed E-state index contributed by atoms with van der Waals surface area (Å²) in [6.45, 7) is 5.44. The average molecular weight is 491 g/mol. The number of nitrogens with zero attached hydrogens (tertiary/aromatic N) is 5. The Hall–Kier alpha value is -2.76. The largest absolute Gasteiger partial charge is 0.354 e. The third-order valence-electron chi connectivity index (χ3n) is 6.27. The highest BCUT2D eigenvalue weighted by molar-refractivity contribution is 7.89. The molecule has 2 aliphatic heterocycles. The number of aromatic nitrogens is 1. The van der Waals surface area contributed by atoms with E-state index in [-0.39, 0.29) is 24.0 Å². The summed E-state index contributed by atoms with van der Waals surface area (Å²) in [5, 5.41) is 2.95. The average Bonchev–Trinajstić information content (AvgIpc) is 3.11. The van der Waals surface area contributed by atoms with Crippen LogP contribution >= 0.6 is 0 Å². The predicted molar refractivity (Wildman–Crippen MR) is 128 cm³/mol. The molecule has 184 valence electrons. The highest BCUT2D eigenvalue weighted by atomic mass is 32.2. The number of halogens is 1. The Kier molecular flexibility index (Phi) is 7.64. The molecule has 0 spiro atoms. The van der Waals surface area contributed by atoms with E-state index >= 15 is 0 Å². The van der Waals surface area contributed by atoms with Gasteiger partial charge in [0.2, 0.25) is 10.0 Å². The van der Waals surface area contributed by atoms with Gasteiger partial charge in [-0.1, -0.05) is 0 Å². The Morgan fingerprint density at radius 1 is 1.00 bits per heavy atom. The van der Waals surface area contributed by atoms with Crippen molar-refractivity contribution in [1.29, 1.82) is 0 Å². The van der Waals surface area contributed by atoms with E-state index in [1.54, 1.807) is 11.1 Å². The van der Waals surface area contributed by atoms with Gasteiger partial charge < -0.3 is 20.0 Å². The minimum absolute atomic E-state index is 0.0562. The molecule has 1 N–H and O–H groups in total. The van der Waals surface area contributed by atoms with E-state index in [0.29, 0.717) is 26.1 Å². The van der Waals surface area contributed by atoms with Gasteiger partial charge in [0.05, 0.1) is 4.90 Å². The lowest BCUT2D eigenvalue weighted by Crippen LogP contribution is -2.45. The van der Waals surface area contributed by atoms with Crippen molar-refractivity contribution in [3.8, 4) is 0 Å². The number of urea groups is 1. The molecule has 2 aliphatic rings. The summed E-state index contributed by atoms with van der Waals surface area (Å²) in [5.74, 6) is 0.429. The van der Waals surface area contributed by atoms with Crippen molar-refractivity contribution in [1.82, 2.24) is 24.4 Å². The number of anilines is 1. The fraction of sp³-hybridized carbons (Fsp3) is 0.478. The van der Waals surface area contributed by atoms with E-state index in [9.17, 15) is 17.6 Å². The molecule has 3 heterocycles. The monoisotopic (exact) mass is 490 g/mol. The molecular formula is C23H31FN6O3S. The summed E-state index contributed by atoms with van der Waals surface area (Å²) in [5.41, 5.74) is 0.965. The standard InChI is InChI=1S/C23H31FN6O3S/c1-27-11-13-28(14-12-27)22-17-19(7-8-25-22)18-26-23(31)29-9-2-10-30(16-15-29)34(32,33)21-5-3-20(24)4-6-21/h3-8,17H,2,9-16,18H2,1H3,(H,26,31). The third kappa shape index (κ3) is 5.83. The van der Waals surface area contributed by atoms with Crippen molar-refractivity contribution >= 4 is 21.9 Å². The maximum atomic E-state index is 13.2. The van der Waals surface area contributed by atoms with Crippen LogP contribution in [0.2, 0.25) is 0 Å². The number of amides is 2. The van der Waals surface area contributed by atoms with Gasteiger partial charge in [-0.2, -0.15) is 4.31 Å². The van der Waals surface area contributed by atoms with Gasteiger partial charge >= 0.3 is 6.03 Å². The lowest BCUT2D eigenvalue weighted by Gasteiger charge is -2.33. The molecule has 2 aromatic rings. The summed E-state index contributed by atoms with van der Waals surface area (Å²) < 4.78 is 40.3. The molecule has 0 atom stereocenters. The van der Waals surface area contributed by atoms with Crippen molar-refractivity contribution in [2.24, 2.45) is 0 Å². The highest BCUT2D eigenvalue weighted by Gasteiger charge is 2.28. The van der Waals surface area contributed by atoms with E-state index in [0.717, 1.165) is 49.7 Å². The Balaban J connectivity index is 1.31. The van der Waals surface area contributed by atoms with Gasteiger partial charge in [0.25, 0.3) is 0 Å². The zero-order valence-electron chi connectivity index (χ0n) is 19.4. The smallest absolute Gasteiger partial charge is 0.317 e. The number of piperazine rings is 1. The van der Waals surface area contributed by atoms with Gasteiger partial charge in [-0.25, -0.2) is 22.6 Å². The Morgan fingerprint density at radius 2 is 1.74 bits per heavy atom. The lowest BCUT2D eigenvalue weighted by atomic mass is 10.2. The number of carbonyl (C=O) groups excluding carboxylic acids is 1.